The molecule has 5 heteroatoms. The summed E-state index contributed by atoms with van der Waals surface area (Å²) in [6.07, 6.45) is 4.26. The number of aldehydes is 1. The van der Waals surface area contributed by atoms with Crippen molar-refractivity contribution in [3.63, 3.8) is 0 Å². The van der Waals surface area contributed by atoms with Gasteiger partial charge in [-0.05, 0) is 31.8 Å². The third-order valence-corrected chi connectivity index (χ3v) is 2.64. The normalized spacial score (nSPS) is 21.5. The second kappa shape index (κ2) is 5.02. The Bertz CT molecular complexity index is 318. The number of hydrogen-bond donors (Lipinski definition) is 1. The van der Waals surface area contributed by atoms with Crippen molar-refractivity contribution in [2.24, 2.45) is 5.92 Å². The molecule has 0 bridgehead atoms. The molecule has 0 spiro atoms. The highest BCUT2D eigenvalue weighted by Gasteiger charge is 2.16. The minimum Gasteiger partial charge on any atom is -0.339 e. The molecule has 1 aromatic rings. The van der Waals surface area contributed by atoms with Crippen molar-refractivity contribution < 1.29 is 9.32 Å². The summed E-state index contributed by atoms with van der Waals surface area (Å²) in [5.74, 6) is 1.74. The average molecular weight is 209 g/mol. The first kappa shape index (κ1) is 10.3. The summed E-state index contributed by atoms with van der Waals surface area (Å²) in [7, 11) is 0. The first-order valence-electron chi connectivity index (χ1n) is 5.34. The van der Waals surface area contributed by atoms with E-state index in [1.165, 1.54) is 12.8 Å². The second-order valence-corrected chi connectivity index (χ2v) is 3.89. The van der Waals surface area contributed by atoms with Crippen LogP contribution in [0.1, 0.15) is 24.6 Å². The minimum atomic E-state index is 0.218. The highest BCUT2D eigenvalue weighted by atomic mass is 16.5. The molecule has 2 rings (SSSR count). The van der Waals surface area contributed by atoms with Gasteiger partial charge in [-0.25, -0.2) is 0 Å². The molecule has 1 saturated heterocycles. The number of piperidine rings is 1. The third-order valence-electron chi connectivity index (χ3n) is 2.64. The molecule has 2 heterocycles. The van der Waals surface area contributed by atoms with Gasteiger partial charge in [0.2, 0.25) is 5.89 Å². The predicted octanol–water partition coefficient (Wildman–Crippen LogP) is 0.353. The number of hydrogen-bond acceptors (Lipinski definition) is 5. The van der Waals surface area contributed by atoms with Crippen LogP contribution in [0.25, 0.3) is 0 Å². The van der Waals surface area contributed by atoms with Crippen molar-refractivity contribution >= 4 is 6.29 Å². The van der Waals surface area contributed by atoms with Crippen molar-refractivity contribution in [1.82, 2.24) is 15.5 Å². The van der Waals surface area contributed by atoms with Crippen molar-refractivity contribution in [3.8, 4) is 0 Å². The van der Waals surface area contributed by atoms with E-state index in [-0.39, 0.29) is 6.42 Å². The van der Waals surface area contributed by atoms with Crippen molar-refractivity contribution in [1.29, 1.82) is 0 Å². The SMILES string of the molecule is O=CCc1nc(CC2CCCNC2)no1. The smallest absolute Gasteiger partial charge is 0.233 e. The van der Waals surface area contributed by atoms with Crippen LogP contribution >= 0.6 is 0 Å². The molecule has 1 atom stereocenters. The fourth-order valence-corrected chi connectivity index (χ4v) is 1.88. The van der Waals surface area contributed by atoms with Gasteiger partial charge in [0.25, 0.3) is 0 Å². The largest absolute Gasteiger partial charge is 0.339 e. The lowest BCUT2D eigenvalue weighted by Crippen LogP contribution is -2.31. The molecule has 0 aromatic carbocycles. The molecule has 0 aliphatic carbocycles. The summed E-state index contributed by atoms with van der Waals surface area (Å²) in [6, 6.07) is 0. The fourth-order valence-electron chi connectivity index (χ4n) is 1.88. The first-order chi connectivity index (χ1) is 7.38. The van der Waals surface area contributed by atoms with Gasteiger partial charge >= 0.3 is 0 Å². The lowest BCUT2D eigenvalue weighted by Gasteiger charge is -2.20. The average Bonchev–Trinajstić information content (AvgIpc) is 2.68. The molecule has 1 aromatic heterocycles. The van der Waals surface area contributed by atoms with E-state index in [1.807, 2.05) is 0 Å². The predicted molar refractivity (Wildman–Crippen MR) is 53.4 cm³/mol. The van der Waals surface area contributed by atoms with E-state index in [0.29, 0.717) is 11.8 Å². The highest BCUT2D eigenvalue weighted by molar-refractivity contribution is 5.52. The highest BCUT2D eigenvalue weighted by Crippen LogP contribution is 2.14. The Kier molecular flexibility index (Phi) is 3.45. The molecule has 82 valence electrons. The Morgan fingerprint density at radius 1 is 1.60 bits per heavy atom. The Morgan fingerprint density at radius 3 is 3.27 bits per heavy atom. The zero-order valence-corrected chi connectivity index (χ0v) is 8.61. The lowest BCUT2D eigenvalue weighted by molar-refractivity contribution is -0.107. The van der Waals surface area contributed by atoms with Crippen LogP contribution in [0.15, 0.2) is 4.52 Å². The van der Waals surface area contributed by atoms with Gasteiger partial charge in [-0.1, -0.05) is 5.16 Å². The lowest BCUT2D eigenvalue weighted by atomic mass is 9.96. The Morgan fingerprint density at radius 2 is 2.53 bits per heavy atom. The monoisotopic (exact) mass is 209 g/mol. The van der Waals surface area contributed by atoms with Gasteiger partial charge in [0, 0.05) is 6.42 Å². The molecule has 1 fully saturated rings. The first-order valence-corrected chi connectivity index (χ1v) is 5.34. The molecule has 1 unspecified atom stereocenters. The van der Waals surface area contributed by atoms with E-state index in [0.717, 1.165) is 31.6 Å². The Balaban J connectivity index is 1.88. The summed E-state index contributed by atoms with van der Waals surface area (Å²) in [6.45, 7) is 2.14. The van der Waals surface area contributed by atoms with E-state index in [1.54, 1.807) is 0 Å². The number of nitrogens with zero attached hydrogens (tertiary/aromatic N) is 2. The fraction of sp³-hybridized carbons (Fsp3) is 0.700. The number of nitrogens with one attached hydrogen (secondary N) is 1. The van der Waals surface area contributed by atoms with Gasteiger partial charge < -0.3 is 14.6 Å². The van der Waals surface area contributed by atoms with E-state index in [2.05, 4.69) is 15.5 Å². The van der Waals surface area contributed by atoms with Gasteiger partial charge in [-0.2, -0.15) is 4.98 Å². The zero-order valence-electron chi connectivity index (χ0n) is 8.61. The maximum Gasteiger partial charge on any atom is 0.233 e. The molecule has 1 aliphatic rings. The van der Waals surface area contributed by atoms with E-state index in [9.17, 15) is 4.79 Å². The van der Waals surface area contributed by atoms with Gasteiger partial charge in [-0.15, -0.1) is 0 Å². The van der Waals surface area contributed by atoms with E-state index < -0.39 is 0 Å². The standard InChI is InChI=1S/C10H15N3O2/c14-5-3-10-12-9(13-15-10)6-8-2-1-4-11-7-8/h5,8,11H,1-4,6-7H2. The number of carbonyl (C=O) groups excluding carboxylic acids is 1. The molecule has 1 aliphatic heterocycles. The molecular formula is C10H15N3O2. The van der Waals surface area contributed by atoms with Gasteiger partial charge in [-0.3, -0.25) is 0 Å². The number of rotatable bonds is 4. The number of carbonyl (C=O) groups is 1. The summed E-state index contributed by atoms with van der Waals surface area (Å²) in [5, 5.41) is 7.20. The van der Waals surface area contributed by atoms with Crippen LogP contribution in [0.3, 0.4) is 0 Å². The molecule has 5 nitrogen and oxygen atoms in total. The molecule has 0 amide bonds. The summed E-state index contributed by atoms with van der Waals surface area (Å²) in [5.41, 5.74) is 0. The molecule has 0 radical (unpaired) electrons. The van der Waals surface area contributed by atoms with Crippen LogP contribution in [-0.2, 0) is 17.6 Å². The van der Waals surface area contributed by atoms with Crippen molar-refractivity contribution in [2.45, 2.75) is 25.7 Å². The topological polar surface area (TPSA) is 68.0 Å². The van der Waals surface area contributed by atoms with Crippen LogP contribution in [0, 0.1) is 5.92 Å². The van der Waals surface area contributed by atoms with Crippen molar-refractivity contribution in [3.05, 3.63) is 11.7 Å². The van der Waals surface area contributed by atoms with Gasteiger partial charge in [0.1, 0.15) is 6.29 Å². The maximum absolute atomic E-state index is 10.2. The van der Waals surface area contributed by atoms with Crippen LogP contribution < -0.4 is 5.32 Å². The third kappa shape index (κ3) is 2.86. The van der Waals surface area contributed by atoms with Crippen LogP contribution in [0.4, 0.5) is 0 Å². The molecule has 0 saturated carbocycles. The molecule has 15 heavy (non-hydrogen) atoms. The zero-order chi connectivity index (χ0) is 10.5. The van der Waals surface area contributed by atoms with Crippen LogP contribution in [0.2, 0.25) is 0 Å². The number of aromatic nitrogens is 2. The second-order valence-electron chi connectivity index (χ2n) is 3.89. The van der Waals surface area contributed by atoms with Gasteiger partial charge in [0.05, 0.1) is 6.42 Å². The van der Waals surface area contributed by atoms with Crippen LogP contribution in [-0.4, -0.2) is 29.5 Å². The van der Waals surface area contributed by atoms with E-state index in [4.69, 9.17) is 4.52 Å². The summed E-state index contributed by atoms with van der Waals surface area (Å²) >= 11 is 0. The minimum absolute atomic E-state index is 0.218. The molecule has 1 N–H and O–H groups in total. The Labute approximate surface area is 88.2 Å². The van der Waals surface area contributed by atoms with Crippen molar-refractivity contribution in [2.75, 3.05) is 13.1 Å². The summed E-state index contributed by atoms with van der Waals surface area (Å²) in [4.78, 5) is 14.4. The molecular weight excluding hydrogens is 194 g/mol. The quantitative estimate of drug-likeness (QED) is 0.725. The Hall–Kier alpha value is -1.23. The van der Waals surface area contributed by atoms with E-state index >= 15 is 0 Å². The van der Waals surface area contributed by atoms with Gasteiger partial charge in [0.15, 0.2) is 5.82 Å². The maximum atomic E-state index is 10.2. The summed E-state index contributed by atoms with van der Waals surface area (Å²) < 4.78 is 4.93. The van der Waals surface area contributed by atoms with Crippen LogP contribution in [0.5, 0.6) is 0 Å².